The molecule has 3 rings (SSSR count). The summed E-state index contributed by atoms with van der Waals surface area (Å²) >= 11 is 0. The van der Waals surface area contributed by atoms with Crippen LogP contribution in [0, 0.1) is 24.0 Å². The summed E-state index contributed by atoms with van der Waals surface area (Å²) in [5.41, 5.74) is 2.48. The van der Waals surface area contributed by atoms with Crippen LogP contribution in [0.1, 0.15) is 21.6 Å². The highest BCUT2D eigenvalue weighted by atomic mass is 16.6. The molecule has 0 aliphatic rings. The van der Waals surface area contributed by atoms with Crippen LogP contribution in [0.5, 0.6) is 0 Å². The fourth-order valence-electron chi connectivity index (χ4n) is 2.51. The lowest BCUT2D eigenvalue weighted by molar-refractivity contribution is -0.385. The van der Waals surface area contributed by atoms with Gasteiger partial charge in [-0.25, -0.2) is 9.78 Å². The van der Waals surface area contributed by atoms with Crippen LogP contribution >= 0.6 is 0 Å². The smallest absolute Gasteiger partial charge is 0.355 e. The molecule has 0 aliphatic heterocycles. The lowest BCUT2D eigenvalue weighted by Gasteiger charge is -2.02. The number of benzene rings is 1. The molecule has 2 heterocycles. The Balaban J connectivity index is 2.31. The lowest BCUT2D eigenvalue weighted by Crippen LogP contribution is -2.03. The Labute approximate surface area is 131 Å². The molecule has 7 heteroatoms. The molecule has 0 atom stereocenters. The Kier molecular flexibility index (Phi) is 3.33. The standard InChI is InChI=1S/C16H13N3O4/c1-9-5-6-18-13(7-9)17-14(15(18)16(20)21)11-4-3-10(2)12(8-11)19(22)23/h3-8H,1-2H3,(H,20,21). The van der Waals surface area contributed by atoms with Crippen LogP contribution in [0.3, 0.4) is 0 Å². The Morgan fingerprint density at radius 1 is 1.26 bits per heavy atom. The highest BCUT2D eigenvalue weighted by molar-refractivity contribution is 5.95. The first kappa shape index (κ1) is 14.7. The molecule has 23 heavy (non-hydrogen) atoms. The molecule has 0 amide bonds. The summed E-state index contributed by atoms with van der Waals surface area (Å²) in [7, 11) is 0. The number of rotatable bonds is 3. The number of hydrogen-bond donors (Lipinski definition) is 1. The summed E-state index contributed by atoms with van der Waals surface area (Å²) in [4.78, 5) is 26.6. The molecule has 2 aromatic heterocycles. The summed E-state index contributed by atoms with van der Waals surface area (Å²) in [6.07, 6.45) is 1.63. The van der Waals surface area contributed by atoms with E-state index in [2.05, 4.69) is 4.98 Å². The van der Waals surface area contributed by atoms with E-state index in [0.29, 0.717) is 16.8 Å². The molecule has 0 saturated carbocycles. The molecular formula is C16H13N3O4. The van der Waals surface area contributed by atoms with Gasteiger partial charge in [-0.1, -0.05) is 12.1 Å². The van der Waals surface area contributed by atoms with E-state index in [9.17, 15) is 20.0 Å². The number of fused-ring (bicyclic) bond motifs is 1. The molecule has 3 aromatic rings. The molecule has 116 valence electrons. The van der Waals surface area contributed by atoms with E-state index in [0.717, 1.165) is 5.56 Å². The van der Waals surface area contributed by atoms with Crippen molar-refractivity contribution in [3.63, 3.8) is 0 Å². The summed E-state index contributed by atoms with van der Waals surface area (Å²) in [5.74, 6) is -1.14. The van der Waals surface area contributed by atoms with Crippen LogP contribution in [-0.2, 0) is 0 Å². The lowest BCUT2D eigenvalue weighted by atomic mass is 10.1. The van der Waals surface area contributed by atoms with Gasteiger partial charge in [0.25, 0.3) is 5.69 Å². The maximum absolute atomic E-state index is 11.6. The number of carbonyl (C=O) groups is 1. The second-order valence-electron chi connectivity index (χ2n) is 5.30. The summed E-state index contributed by atoms with van der Waals surface area (Å²) in [6, 6.07) is 8.13. The monoisotopic (exact) mass is 311 g/mol. The molecule has 0 radical (unpaired) electrons. The Bertz CT molecular complexity index is 959. The van der Waals surface area contributed by atoms with E-state index in [1.54, 1.807) is 37.4 Å². The third-order valence-corrected chi connectivity index (χ3v) is 3.66. The van der Waals surface area contributed by atoms with E-state index in [1.807, 2.05) is 6.92 Å². The maximum Gasteiger partial charge on any atom is 0.355 e. The average Bonchev–Trinajstić information content (AvgIpc) is 2.85. The van der Waals surface area contributed by atoms with Gasteiger partial charge in [0.2, 0.25) is 0 Å². The van der Waals surface area contributed by atoms with Gasteiger partial charge in [0.05, 0.1) is 4.92 Å². The summed E-state index contributed by atoms with van der Waals surface area (Å²) < 4.78 is 1.47. The zero-order chi connectivity index (χ0) is 16.7. The predicted octanol–water partition coefficient (Wildman–Crippen LogP) is 3.22. The van der Waals surface area contributed by atoms with Gasteiger partial charge >= 0.3 is 5.97 Å². The van der Waals surface area contributed by atoms with E-state index in [1.165, 1.54) is 10.5 Å². The number of aromatic nitrogens is 2. The van der Waals surface area contributed by atoms with Gasteiger partial charge in [0, 0.05) is 23.4 Å². The molecular weight excluding hydrogens is 298 g/mol. The molecule has 0 unspecified atom stereocenters. The number of nitro groups is 1. The first-order valence-electron chi connectivity index (χ1n) is 6.86. The fourth-order valence-corrected chi connectivity index (χ4v) is 2.51. The van der Waals surface area contributed by atoms with Crippen molar-refractivity contribution in [1.29, 1.82) is 0 Å². The minimum atomic E-state index is -1.14. The number of aromatic carboxylic acids is 1. The SMILES string of the molecule is Cc1ccn2c(C(=O)O)c(-c3ccc(C)c([N+](=O)[O-])c3)nc2c1. The molecule has 0 spiro atoms. The number of carboxylic acid groups (broad SMARTS) is 1. The van der Waals surface area contributed by atoms with Crippen molar-refractivity contribution >= 4 is 17.3 Å². The topological polar surface area (TPSA) is 97.7 Å². The number of pyridine rings is 1. The van der Waals surface area contributed by atoms with Gasteiger partial charge in [-0.15, -0.1) is 0 Å². The Morgan fingerprint density at radius 2 is 2.00 bits per heavy atom. The molecule has 7 nitrogen and oxygen atoms in total. The van der Waals surface area contributed by atoms with Crippen molar-refractivity contribution in [2.75, 3.05) is 0 Å². The van der Waals surface area contributed by atoms with E-state index < -0.39 is 10.9 Å². The quantitative estimate of drug-likeness (QED) is 0.591. The summed E-state index contributed by atoms with van der Waals surface area (Å²) in [6.45, 7) is 3.51. The Hall–Kier alpha value is -3.22. The zero-order valence-corrected chi connectivity index (χ0v) is 12.5. The van der Waals surface area contributed by atoms with Gasteiger partial charge in [0.1, 0.15) is 11.3 Å². The second kappa shape index (κ2) is 5.20. The molecule has 0 fully saturated rings. The van der Waals surface area contributed by atoms with Crippen molar-refractivity contribution in [2.45, 2.75) is 13.8 Å². The van der Waals surface area contributed by atoms with Crippen molar-refractivity contribution in [2.24, 2.45) is 0 Å². The van der Waals surface area contributed by atoms with Crippen LogP contribution in [-0.4, -0.2) is 25.4 Å². The van der Waals surface area contributed by atoms with Gasteiger partial charge < -0.3 is 5.11 Å². The normalized spacial score (nSPS) is 10.9. The van der Waals surface area contributed by atoms with E-state index >= 15 is 0 Å². The van der Waals surface area contributed by atoms with Crippen molar-refractivity contribution < 1.29 is 14.8 Å². The third kappa shape index (κ3) is 2.42. The Morgan fingerprint density at radius 3 is 2.65 bits per heavy atom. The number of nitrogens with zero attached hydrogens (tertiary/aromatic N) is 3. The fraction of sp³-hybridized carbons (Fsp3) is 0.125. The highest BCUT2D eigenvalue weighted by Crippen LogP contribution is 2.29. The van der Waals surface area contributed by atoms with Crippen LogP contribution in [0.25, 0.3) is 16.9 Å². The number of aryl methyl sites for hydroxylation is 2. The van der Waals surface area contributed by atoms with E-state index in [4.69, 9.17) is 0 Å². The summed E-state index contributed by atoms with van der Waals surface area (Å²) in [5, 5.41) is 20.6. The first-order chi connectivity index (χ1) is 10.9. The number of carboxylic acids is 1. The number of hydrogen-bond acceptors (Lipinski definition) is 4. The van der Waals surface area contributed by atoms with Crippen molar-refractivity contribution in [1.82, 2.24) is 9.38 Å². The minimum absolute atomic E-state index is 0.0156. The van der Waals surface area contributed by atoms with Gasteiger partial charge in [-0.3, -0.25) is 14.5 Å². The molecule has 0 aliphatic carbocycles. The predicted molar refractivity (Wildman–Crippen MR) is 83.7 cm³/mol. The van der Waals surface area contributed by atoms with Gasteiger partial charge in [-0.05, 0) is 31.5 Å². The molecule has 1 N–H and O–H groups in total. The van der Waals surface area contributed by atoms with Gasteiger partial charge in [-0.2, -0.15) is 0 Å². The van der Waals surface area contributed by atoms with Crippen LogP contribution < -0.4 is 0 Å². The first-order valence-corrected chi connectivity index (χ1v) is 6.86. The number of nitro benzene ring substituents is 1. The highest BCUT2D eigenvalue weighted by Gasteiger charge is 2.22. The molecule has 0 saturated heterocycles. The third-order valence-electron chi connectivity index (χ3n) is 3.66. The van der Waals surface area contributed by atoms with E-state index in [-0.39, 0.29) is 17.1 Å². The van der Waals surface area contributed by atoms with Gasteiger partial charge in [0.15, 0.2) is 5.69 Å². The molecule has 1 aromatic carbocycles. The second-order valence-corrected chi connectivity index (χ2v) is 5.30. The van der Waals surface area contributed by atoms with Crippen LogP contribution in [0.2, 0.25) is 0 Å². The van der Waals surface area contributed by atoms with Crippen LogP contribution in [0.15, 0.2) is 36.5 Å². The van der Waals surface area contributed by atoms with Crippen LogP contribution in [0.4, 0.5) is 5.69 Å². The average molecular weight is 311 g/mol. The maximum atomic E-state index is 11.6. The number of imidazole rings is 1. The zero-order valence-electron chi connectivity index (χ0n) is 12.5. The van der Waals surface area contributed by atoms with Crippen molar-refractivity contribution in [3.8, 4) is 11.3 Å². The largest absolute Gasteiger partial charge is 0.476 e. The van der Waals surface area contributed by atoms with Crippen molar-refractivity contribution in [3.05, 3.63) is 63.5 Å². The minimum Gasteiger partial charge on any atom is -0.476 e. The molecule has 0 bridgehead atoms.